The van der Waals surface area contributed by atoms with Crippen LogP contribution in [0, 0.1) is 21.9 Å². The third-order valence-electron chi connectivity index (χ3n) is 3.46. The number of nitrogens with one attached hydrogen (secondary N) is 1. The van der Waals surface area contributed by atoms with Crippen molar-refractivity contribution >= 4 is 12.2 Å². The van der Waals surface area contributed by atoms with E-state index in [2.05, 4.69) is 24.9 Å². The van der Waals surface area contributed by atoms with E-state index in [0.29, 0.717) is 22.0 Å². The minimum atomic E-state index is 0.517. The summed E-state index contributed by atoms with van der Waals surface area (Å²) >= 11 is 5.15. The van der Waals surface area contributed by atoms with Crippen molar-refractivity contribution in [3.63, 3.8) is 0 Å². The van der Waals surface area contributed by atoms with Crippen molar-refractivity contribution in [2.45, 2.75) is 32.6 Å². The molecular formula is C12H14N2S. The monoisotopic (exact) mass is 218 g/mol. The van der Waals surface area contributed by atoms with Gasteiger partial charge in [-0.15, -0.1) is 0 Å². The molecule has 78 valence electrons. The first-order valence-electron chi connectivity index (χ1n) is 5.29. The summed E-state index contributed by atoms with van der Waals surface area (Å²) in [6.45, 7) is 4.49. The predicted molar refractivity (Wildman–Crippen MR) is 62.2 cm³/mol. The highest BCUT2D eigenvalue weighted by molar-refractivity contribution is 7.71. The Hall–Kier alpha value is -1.14. The number of H-pyrrole nitrogens is 1. The Kier molecular flexibility index (Phi) is 2.62. The van der Waals surface area contributed by atoms with Crippen LogP contribution in [-0.4, -0.2) is 4.98 Å². The maximum atomic E-state index is 8.90. The van der Waals surface area contributed by atoms with Crippen molar-refractivity contribution < 1.29 is 0 Å². The molecule has 0 amide bonds. The summed E-state index contributed by atoms with van der Waals surface area (Å²) in [5.41, 5.74) is 3.11. The SMILES string of the molecule is CC1CCc2cc(C#N)c(=S)[nH]c2C1C. The van der Waals surface area contributed by atoms with Crippen molar-refractivity contribution in [3.05, 3.63) is 27.5 Å². The lowest BCUT2D eigenvalue weighted by Crippen LogP contribution is -2.18. The smallest absolute Gasteiger partial charge is 0.121 e. The number of pyridine rings is 1. The lowest BCUT2D eigenvalue weighted by atomic mass is 9.80. The second kappa shape index (κ2) is 3.79. The summed E-state index contributed by atoms with van der Waals surface area (Å²) in [6, 6.07) is 4.09. The molecule has 1 aromatic heterocycles. The Morgan fingerprint density at radius 3 is 2.93 bits per heavy atom. The summed E-state index contributed by atoms with van der Waals surface area (Å²) < 4.78 is 0.581. The Labute approximate surface area is 95.0 Å². The van der Waals surface area contributed by atoms with Gasteiger partial charge in [-0.25, -0.2) is 0 Å². The van der Waals surface area contributed by atoms with Crippen LogP contribution in [0.5, 0.6) is 0 Å². The number of aromatic nitrogens is 1. The number of aromatic amines is 1. The molecule has 0 fully saturated rings. The fourth-order valence-electron chi connectivity index (χ4n) is 2.20. The molecule has 0 saturated heterocycles. The van der Waals surface area contributed by atoms with Crippen molar-refractivity contribution in [1.29, 1.82) is 5.26 Å². The first kappa shape index (κ1) is 10.4. The number of rotatable bonds is 0. The van der Waals surface area contributed by atoms with E-state index in [1.165, 1.54) is 17.7 Å². The fourth-order valence-corrected chi connectivity index (χ4v) is 2.42. The van der Waals surface area contributed by atoms with Crippen LogP contribution >= 0.6 is 12.2 Å². The van der Waals surface area contributed by atoms with Crippen molar-refractivity contribution in [2.24, 2.45) is 5.92 Å². The summed E-state index contributed by atoms with van der Waals surface area (Å²) in [5.74, 6) is 1.21. The average Bonchev–Trinajstić information content (AvgIpc) is 2.24. The molecule has 0 bridgehead atoms. The fraction of sp³-hybridized carbons (Fsp3) is 0.500. The molecule has 1 aliphatic rings. The number of hydrogen-bond acceptors (Lipinski definition) is 2. The van der Waals surface area contributed by atoms with Gasteiger partial charge in [0.25, 0.3) is 0 Å². The van der Waals surface area contributed by atoms with Gasteiger partial charge >= 0.3 is 0 Å². The van der Waals surface area contributed by atoms with Crippen LogP contribution in [0.15, 0.2) is 6.07 Å². The molecule has 1 heterocycles. The Morgan fingerprint density at radius 1 is 1.53 bits per heavy atom. The molecule has 2 rings (SSSR count). The first-order valence-corrected chi connectivity index (χ1v) is 5.70. The van der Waals surface area contributed by atoms with Gasteiger partial charge in [-0.2, -0.15) is 5.26 Å². The van der Waals surface area contributed by atoms with Crippen molar-refractivity contribution in [1.82, 2.24) is 4.98 Å². The molecule has 3 heteroatoms. The van der Waals surface area contributed by atoms with E-state index in [-0.39, 0.29) is 0 Å². The first-order chi connectivity index (χ1) is 7.13. The molecule has 0 aromatic carbocycles. The Bertz CT molecular complexity index is 481. The zero-order valence-corrected chi connectivity index (χ0v) is 9.82. The van der Waals surface area contributed by atoms with Gasteiger partial charge in [-0.05, 0) is 36.3 Å². The normalized spacial score (nSPS) is 24.3. The molecule has 2 nitrogen and oxygen atoms in total. The van der Waals surface area contributed by atoms with Gasteiger partial charge in [0.1, 0.15) is 10.7 Å². The molecule has 1 aromatic rings. The standard InChI is InChI=1S/C12H14N2S/c1-7-3-4-9-5-10(6-13)12(15)14-11(9)8(7)2/h5,7-8H,3-4H2,1-2H3,(H,14,15). The second-order valence-corrected chi connectivity index (χ2v) is 4.78. The summed E-state index contributed by atoms with van der Waals surface area (Å²) in [6.07, 6.45) is 2.26. The zero-order chi connectivity index (χ0) is 11.0. The molecule has 2 atom stereocenters. The van der Waals surface area contributed by atoms with E-state index in [1.807, 2.05) is 6.07 Å². The van der Waals surface area contributed by atoms with Crippen molar-refractivity contribution in [2.75, 3.05) is 0 Å². The molecule has 1 N–H and O–H groups in total. The molecule has 0 radical (unpaired) electrons. The van der Waals surface area contributed by atoms with E-state index >= 15 is 0 Å². The second-order valence-electron chi connectivity index (χ2n) is 4.37. The van der Waals surface area contributed by atoms with Gasteiger partial charge < -0.3 is 4.98 Å². The van der Waals surface area contributed by atoms with Gasteiger partial charge in [0.2, 0.25) is 0 Å². The van der Waals surface area contributed by atoms with Crippen molar-refractivity contribution in [3.8, 4) is 6.07 Å². The summed E-state index contributed by atoms with van der Waals surface area (Å²) in [7, 11) is 0. The van der Waals surface area contributed by atoms with Gasteiger partial charge in [-0.3, -0.25) is 0 Å². The minimum absolute atomic E-state index is 0.517. The highest BCUT2D eigenvalue weighted by Gasteiger charge is 2.23. The number of aryl methyl sites for hydroxylation is 1. The Morgan fingerprint density at radius 2 is 2.27 bits per heavy atom. The molecule has 15 heavy (non-hydrogen) atoms. The van der Waals surface area contributed by atoms with Crippen LogP contribution < -0.4 is 0 Å². The molecular weight excluding hydrogens is 204 g/mol. The Balaban J connectivity index is 2.58. The summed E-state index contributed by atoms with van der Waals surface area (Å²) in [5, 5.41) is 8.90. The highest BCUT2D eigenvalue weighted by Crippen LogP contribution is 2.34. The minimum Gasteiger partial charge on any atom is -0.348 e. The zero-order valence-electron chi connectivity index (χ0n) is 9.00. The van der Waals surface area contributed by atoms with Crippen LogP contribution in [0.4, 0.5) is 0 Å². The van der Waals surface area contributed by atoms with E-state index < -0.39 is 0 Å². The molecule has 1 aliphatic carbocycles. The van der Waals surface area contributed by atoms with E-state index in [0.717, 1.165) is 6.42 Å². The molecule has 0 saturated carbocycles. The van der Waals surface area contributed by atoms with Gasteiger partial charge in [0.05, 0.1) is 5.56 Å². The maximum Gasteiger partial charge on any atom is 0.121 e. The van der Waals surface area contributed by atoms with E-state index in [4.69, 9.17) is 17.5 Å². The van der Waals surface area contributed by atoms with Crippen LogP contribution in [0.2, 0.25) is 0 Å². The van der Waals surface area contributed by atoms with E-state index in [1.54, 1.807) is 0 Å². The third kappa shape index (κ3) is 1.70. The van der Waals surface area contributed by atoms with Gasteiger partial charge in [-0.1, -0.05) is 26.1 Å². The van der Waals surface area contributed by atoms with E-state index in [9.17, 15) is 0 Å². The van der Waals surface area contributed by atoms with Gasteiger partial charge in [0, 0.05) is 5.69 Å². The van der Waals surface area contributed by atoms with Crippen LogP contribution in [0.25, 0.3) is 0 Å². The molecule has 0 aliphatic heterocycles. The average molecular weight is 218 g/mol. The lowest BCUT2D eigenvalue weighted by Gasteiger charge is -2.28. The largest absolute Gasteiger partial charge is 0.348 e. The third-order valence-corrected chi connectivity index (χ3v) is 3.78. The maximum absolute atomic E-state index is 8.90. The number of fused-ring (bicyclic) bond motifs is 1. The number of nitriles is 1. The quantitative estimate of drug-likeness (QED) is 0.679. The van der Waals surface area contributed by atoms with Gasteiger partial charge in [0.15, 0.2) is 0 Å². The lowest BCUT2D eigenvalue weighted by molar-refractivity contribution is 0.416. The number of hydrogen-bond donors (Lipinski definition) is 1. The van der Waals surface area contributed by atoms with Crippen LogP contribution in [-0.2, 0) is 6.42 Å². The van der Waals surface area contributed by atoms with Crippen LogP contribution in [0.3, 0.4) is 0 Å². The predicted octanol–water partition coefficient (Wildman–Crippen LogP) is 3.30. The molecule has 2 unspecified atom stereocenters. The van der Waals surface area contributed by atoms with Crippen LogP contribution in [0.1, 0.15) is 43.0 Å². The highest BCUT2D eigenvalue weighted by atomic mass is 32.1. The summed E-state index contributed by atoms with van der Waals surface area (Å²) in [4.78, 5) is 3.22. The number of nitrogens with zero attached hydrogens (tertiary/aromatic N) is 1. The molecule has 0 spiro atoms. The topological polar surface area (TPSA) is 39.6 Å².